The van der Waals surface area contributed by atoms with Crippen LogP contribution in [-0.2, 0) is 4.79 Å². The molecule has 0 saturated carbocycles. The van der Waals surface area contributed by atoms with Crippen LogP contribution in [0.1, 0.15) is 25.6 Å². The summed E-state index contributed by atoms with van der Waals surface area (Å²) in [5, 5.41) is 21.0. The van der Waals surface area contributed by atoms with Crippen LogP contribution in [0, 0.1) is 6.92 Å². The Morgan fingerprint density at radius 2 is 1.86 bits per heavy atom. The summed E-state index contributed by atoms with van der Waals surface area (Å²) in [5.41, 5.74) is 2.18. The zero-order chi connectivity index (χ0) is 21.0. The van der Waals surface area contributed by atoms with Gasteiger partial charge < -0.3 is 20.3 Å². The lowest BCUT2D eigenvalue weighted by Gasteiger charge is -2.08. The summed E-state index contributed by atoms with van der Waals surface area (Å²) in [4.78, 5) is 39.1. The highest BCUT2D eigenvalue weighted by Gasteiger charge is 2.23. The van der Waals surface area contributed by atoms with Gasteiger partial charge >= 0.3 is 11.9 Å². The predicted octanol–water partition coefficient (Wildman–Crippen LogP) is 3.53. The van der Waals surface area contributed by atoms with Crippen LogP contribution in [-0.4, -0.2) is 39.6 Å². The van der Waals surface area contributed by atoms with Gasteiger partial charge in [-0.3, -0.25) is 9.78 Å². The summed E-state index contributed by atoms with van der Waals surface area (Å²) >= 11 is 0.985. The van der Waals surface area contributed by atoms with Crippen LogP contribution in [0.5, 0.6) is 5.75 Å². The molecule has 2 heterocycles. The number of thiophene rings is 1. The van der Waals surface area contributed by atoms with E-state index in [9.17, 15) is 19.5 Å². The van der Waals surface area contributed by atoms with Gasteiger partial charge in [0, 0.05) is 34.1 Å². The molecule has 0 bridgehead atoms. The van der Waals surface area contributed by atoms with Gasteiger partial charge in [0.2, 0.25) is 0 Å². The summed E-state index contributed by atoms with van der Waals surface area (Å²) in [5.74, 6) is -2.67. The number of aromatic nitrogens is 1. The maximum absolute atomic E-state index is 12.3. The van der Waals surface area contributed by atoms with Crippen LogP contribution >= 0.6 is 11.3 Å². The molecule has 1 aromatic carbocycles. The third-order valence-electron chi connectivity index (χ3n) is 3.95. The summed E-state index contributed by atoms with van der Waals surface area (Å²) in [6.07, 6.45) is 3.04. The first kappa shape index (κ1) is 20.0. The monoisotopic (exact) mass is 412 g/mol. The second kappa shape index (κ2) is 8.53. The number of aromatic carboxylic acids is 1. The lowest BCUT2D eigenvalue weighted by Crippen LogP contribution is -2.11. The lowest BCUT2D eigenvalue weighted by atomic mass is 10.1. The van der Waals surface area contributed by atoms with E-state index in [1.165, 1.54) is 12.4 Å². The minimum absolute atomic E-state index is 0.0334. The number of anilines is 1. The fourth-order valence-electron chi connectivity index (χ4n) is 2.67. The molecule has 8 nitrogen and oxygen atoms in total. The number of pyridine rings is 1. The van der Waals surface area contributed by atoms with Crippen LogP contribution in [0.15, 0.2) is 48.8 Å². The van der Waals surface area contributed by atoms with Crippen molar-refractivity contribution in [2.45, 2.75) is 6.92 Å². The highest BCUT2D eigenvalue weighted by molar-refractivity contribution is 7.18. The first-order valence-electron chi connectivity index (χ1n) is 8.40. The molecule has 0 aliphatic carbocycles. The number of hydrogen-bond donors (Lipinski definition) is 3. The molecule has 3 N–H and O–H groups in total. The highest BCUT2D eigenvalue weighted by Crippen LogP contribution is 2.42. The minimum atomic E-state index is -1.20. The normalized spacial score (nSPS) is 10.4. The Labute approximate surface area is 169 Å². The third kappa shape index (κ3) is 4.58. The van der Waals surface area contributed by atoms with Crippen molar-refractivity contribution in [1.29, 1.82) is 0 Å². The Morgan fingerprint density at radius 3 is 2.52 bits per heavy atom. The van der Waals surface area contributed by atoms with E-state index in [0.717, 1.165) is 11.3 Å². The third-order valence-corrected chi connectivity index (χ3v) is 5.26. The Kier molecular flexibility index (Phi) is 5.89. The first-order chi connectivity index (χ1) is 13.9. The molecule has 148 valence electrons. The molecule has 3 aromatic rings. The van der Waals surface area contributed by atoms with Crippen molar-refractivity contribution in [2.75, 3.05) is 11.9 Å². The van der Waals surface area contributed by atoms with Crippen molar-refractivity contribution in [3.63, 3.8) is 0 Å². The van der Waals surface area contributed by atoms with Crippen LogP contribution in [0.25, 0.3) is 10.4 Å². The number of benzene rings is 1. The molecule has 0 spiro atoms. The van der Waals surface area contributed by atoms with Gasteiger partial charge in [0.1, 0.15) is 5.75 Å². The number of nitrogens with one attached hydrogen (secondary N) is 1. The molecular formula is C20H16N2O6S. The van der Waals surface area contributed by atoms with Gasteiger partial charge in [0.15, 0.2) is 11.5 Å². The van der Waals surface area contributed by atoms with Gasteiger partial charge in [-0.25, -0.2) is 9.59 Å². The zero-order valence-corrected chi connectivity index (χ0v) is 16.0. The second-order valence-corrected chi connectivity index (χ2v) is 6.99. The van der Waals surface area contributed by atoms with Crippen LogP contribution in [0.2, 0.25) is 0 Å². The Hall–Kier alpha value is -3.72. The SMILES string of the molecule is Cc1c(-c2cccc(NC(=O)c3ccncc3)c2)sc(C(=O)O)c1OCC(=O)O. The van der Waals surface area contributed by atoms with E-state index in [0.29, 0.717) is 27.3 Å². The Bertz CT molecular complexity index is 1080. The maximum Gasteiger partial charge on any atom is 0.349 e. The van der Waals surface area contributed by atoms with Crippen molar-refractivity contribution >= 4 is 34.9 Å². The van der Waals surface area contributed by atoms with Crippen molar-refractivity contribution in [1.82, 2.24) is 4.98 Å². The smallest absolute Gasteiger partial charge is 0.349 e. The quantitative estimate of drug-likeness (QED) is 0.542. The van der Waals surface area contributed by atoms with Gasteiger partial charge in [-0.2, -0.15) is 0 Å². The number of carboxylic acid groups (broad SMARTS) is 2. The van der Waals surface area contributed by atoms with Crippen LogP contribution < -0.4 is 10.1 Å². The van der Waals surface area contributed by atoms with Crippen LogP contribution in [0.4, 0.5) is 5.69 Å². The molecule has 29 heavy (non-hydrogen) atoms. The van der Waals surface area contributed by atoms with E-state index in [-0.39, 0.29) is 16.5 Å². The number of carboxylic acids is 2. The molecule has 3 rings (SSSR count). The van der Waals surface area contributed by atoms with Gasteiger partial charge in [-0.15, -0.1) is 11.3 Å². The topological polar surface area (TPSA) is 126 Å². The van der Waals surface area contributed by atoms with Crippen molar-refractivity contribution in [2.24, 2.45) is 0 Å². The van der Waals surface area contributed by atoms with Gasteiger partial charge in [-0.05, 0) is 36.8 Å². The fraction of sp³-hybridized carbons (Fsp3) is 0.100. The van der Waals surface area contributed by atoms with Crippen molar-refractivity contribution in [3.8, 4) is 16.2 Å². The molecule has 0 aliphatic heterocycles. The molecule has 0 aliphatic rings. The van der Waals surface area contributed by atoms with Gasteiger partial charge in [0.05, 0.1) is 0 Å². The Morgan fingerprint density at radius 1 is 1.14 bits per heavy atom. The number of amides is 1. The van der Waals surface area contributed by atoms with E-state index in [2.05, 4.69) is 10.3 Å². The minimum Gasteiger partial charge on any atom is -0.480 e. The zero-order valence-electron chi connectivity index (χ0n) is 15.2. The average molecular weight is 412 g/mol. The number of aliphatic carboxylic acids is 1. The van der Waals surface area contributed by atoms with Gasteiger partial charge in [-0.1, -0.05) is 12.1 Å². The Balaban J connectivity index is 1.92. The van der Waals surface area contributed by atoms with Gasteiger partial charge in [0.25, 0.3) is 5.91 Å². The molecule has 0 saturated heterocycles. The summed E-state index contributed by atoms with van der Waals surface area (Å²) in [7, 11) is 0. The van der Waals surface area contributed by atoms with Crippen molar-refractivity contribution in [3.05, 3.63) is 64.8 Å². The van der Waals surface area contributed by atoms with E-state index in [1.807, 2.05) is 0 Å². The van der Waals surface area contributed by atoms with E-state index >= 15 is 0 Å². The number of ether oxygens (including phenoxy) is 1. The predicted molar refractivity (Wildman–Crippen MR) is 107 cm³/mol. The summed E-state index contributed by atoms with van der Waals surface area (Å²) in [6, 6.07) is 10.1. The van der Waals surface area contributed by atoms with E-state index < -0.39 is 18.5 Å². The lowest BCUT2D eigenvalue weighted by molar-refractivity contribution is -0.139. The standard InChI is InChI=1S/C20H16N2O6S/c1-11-16(28-10-15(23)24)18(20(26)27)29-17(11)13-3-2-4-14(9-13)22-19(25)12-5-7-21-8-6-12/h2-9H,10H2,1H3,(H,22,25)(H,23,24)(H,26,27). The molecule has 1 amide bonds. The van der Waals surface area contributed by atoms with E-state index in [4.69, 9.17) is 9.84 Å². The molecule has 2 aromatic heterocycles. The number of carbonyl (C=O) groups is 3. The van der Waals surface area contributed by atoms with Crippen LogP contribution in [0.3, 0.4) is 0 Å². The number of nitrogens with zero attached hydrogens (tertiary/aromatic N) is 1. The fourth-order valence-corrected chi connectivity index (χ4v) is 3.75. The molecule has 0 fully saturated rings. The summed E-state index contributed by atoms with van der Waals surface area (Å²) in [6.45, 7) is 1.02. The van der Waals surface area contributed by atoms with Crippen molar-refractivity contribution < 1.29 is 29.3 Å². The van der Waals surface area contributed by atoms with E-state index in [1.54, 1.807) is 43.3 Å². The summed E-state index contributed by atoms with van der Waals surface area (Å²) < 4.78 is 5.20. The molecule has 9 heteroatoms. The first-order valence-corrected chi connectivity index (χ1v) is 9.21. The molecular weight excluding hydrogens is 396 g/mol. The molecule has 0 unspecified atom stereocenters. The average Bonchev–Trinajstić information content (AvgIpc) is 3.04. The number of carbonyl (C=O) groups excluding carboxylic acids is 1. The second-order valence-electron chi connectivity index (χ2n) is 5.97. The maximum atomic E-state index is 12.3. The highest BCUT2D eigenvalue weighted by atomic mass is 32.1. The number of hydrogen-bond acceptors (Lipinski definition) is 6. The molecule has 0 atom stereocenters. The molecule has 0 radical (unpaired) electrons. The largest absolute Gasteiger partial charge is 0.480 e. The number of rotatable bonds is 7.